The largest absolute Gasteiger partial charge is 0.497 e. The van der Waals surface area contributed by atoms with Gasteiger partial charge >= 0.3 is 0 Å². The van der Waals surface area contributed by atoms with E-state index in [2.05, 4.69) is 36.3 Å². The lowest BCUT2D eigenvalue weighted by molar-refractivity contribution is 0.179. The van der Waals surface area contributed by atoms with Gasteiger partial charge in [-0.2, -0.15) is 4.98 Å². The van der Waals surface area contributed by atoms with Gasteiger partial charge in [0.05, 0.1) is 18.1 Å². The number of nitrogens with two attached hydrogens (primary N) is 1. The zero-order valence-corrected chi connectivity index (χ0v) is 18.5. The summed E-state index contributed by atoms with van der Waals surface area (Å²) in [5.74, 6) is 2.53. The van der Waals surface area contributed by atoms with E-state index < -0.39 is 0 Å². The van der Waals surface area contributed by atoms with Gasteiger partial charge in [0.15, 0.2) is 0 Å². The van der Waals surface area contributed by atoms with Crippen LogP contribution in [0.25, 0.3) is 21.9 Å². The van der Waals surface area contributed by atoms with Crippen LogP contribution < -0.4 is 15.8 Å². The highest BCUT2D eigenvalue weighted by Gasteiger charge is 2.11. The molecule has 0 amide bonds. The number of nitrogens with one attached hydrogen (secondary N) is 3. The van der Waals surface area contributed by atoms with Crippen LogP contribution in [0, 0.1) is 0 Å². The molecule has 168 valence electrons. The Labute approximate surface area is 190 Å². The molecular weight excluding hydrogens is 418 g/mol. The Morgan fingerprint density at radius 2 is 1.85 bits per heavy atom. The number of fused-ring (bicyclic) bond motifs is 2. The number of benzene rings is 2. The third-order valence-electron chi connectivity index (χ3n) is 5.60. The summed E-state index contributed by atoms with van der Waals surface area (Å²) in [5.41, 5.74) is 11.8. The summed E-state index contributed by atoms with van der Waals surface area (Å²) >= 11 is 0. The third kappa shape index (κ3) is 4.31. The lowest BCUT2D eigenvalue weighted by Gasteiger charge is -2.11. The number of H-pyrrole nitrogens is 2. The van der Waals surface area contributed by atoms with Crippen LogP contribution in [0.3, 0.4) is 0 Å². The van der Waals surface area contributed by atoms with Crippen LogP contribution in [-0.2, 0) is 24.2 Å². The second-order valence-electron chi connectivity index (χ2n) is 7.80. The molecule has 0 unspecified atom stereocenters. The van der Waals surface area contributed by atoms with Gasteiger partial charge in [0, 0.05) is 41.7 Å². The van der Waals surface area contributed by atoms with Gasteiger partial charge in [-0.3, -0.25) is 0 Å². The van der Waals surface area contributed by atoms with Crippen LogP contribution in [0.15, 0.2) is 48.8 Å². The molecule has 0 atom stereocenters. The first-order valence-electron chi connectivity index (χ1n) is 10.6. The standard InChI is InChI=1S/C24H25N7O2/c1-32-13-22-29-20-7-5-16(9-21(20)30-22)28-23-15(12-27-24(25)31-23)4-3-14-11-26-19-8-6-17(33-2)10-18(14)19/h5-12,26H,3-4,13H2,1-2H3,(H,29,30)(H3,25,27,28,31). The average Bonchev–Trinajstić information content (AvgIpc) is 3.41. The Hall–Kier alpha value is -4.11. The highest BCUT2D eigenvalue weighted by Crippen LogP contribution is 2.27. The normalized spacial score (nSPS) is 11.3. The van der Waals surface area contributed by atoms with Crippen LogP contribution >= 0.6 is 0 Å². The summed E-state index contributed by atoms with van der Waals surface area (Å²) < 4.78 is 10.5. The Bertz CT molecular complexity index is 1420. The monoisotopic (exact) mass is 443 g/mol. The lowest BCUT2D eigenvalue weighted by atomic mass is 10.0. The maximum absolute atomic E-state index is 5.89. The summed E-state index contributed by atoms with van der Waals surface area (Å²) in [7, 11) is 3.32. The third-order valence-corrected chi connectivity index (χ3v) is 5.60. The van der Waals surface area contributed by atoms with Crippen molar-refractivity contribution in [2.24, 2.45) is 0 Å². The molecule has 5 rings (SSSR count). The first-order chi connectivity index (χ1) is 16.1. The highest BCUT2D eigenvalue weighted by molar-refractivity contribution is 5.85. The topological polar surface area (TPSA) is 127 Å². The first kappa shape index (κ1) is 20.8. The minimum absolute atomic E-state index is 0.223. The van der Waals surface area contributed by atoms with E-state index in [4.69, 9.17) is 15.2 Å². The maximum atomic E-state index is 5.89. The summed E-state index contributed by atoms with van der Waals surface area (Å²) in [6, 6.07) is 12.0. The van der Waals surface area contributed by atoms with Gasteiger partial charge in [-0.15, -0.1) is 0 Å². The van der Waals surface area contributed by atoms with Gasteiger partial charge in [0.25, 0.3) is 0 Å². The maximum Gasteiger partial charge on any atom is 0.221 e. The summed E-state index contributed by atoms with van der Waals surface area (Å²) in [6.07, 6.45) is 5.38. The van der Waals surface area contributed by atoms with Gasteiger partial charge in [-0.05, 0) is 54.8 Å². The molecule has 0 saturated heterocycles. The average molecular weight is 444 g/mol. The highest BCUT2D eigenvalue weighted by atomic mass is 16.5. The van der Waals surface area contributed by atoms with E-state index >= 15 is 0 Å². The fourth-order valence-electron chi connectivity index (χ4n) is 3.95. The van der Waals surface area contributed by atoms with Crippen molar-refractivity contribution in [3.05, 3.63) is 65.7 Å². The molecule has 33 heavy (non-hydrogen) atoms. The predicted molar refractivity (Wildman–Crippen MR) is 129 cm³/mol. The molecule has 0 aliphatic heterocycles. The van der Waals surface area contributed by atoms with Crippen LogP contribution in [0.5, 0.6) is 5.75 Å². The van der Waals surface area contributed by atoms with Gasteiger partial charge in [0.2, 0.25) is 5.95 Å². The number of aromatic amines is 2. The van der Waals surface area contributed by atoms with Crippen molar-refractivity contribution in [1.82, 2.24) is 24.9 Å². The minimum Gasteiger partial charge on any atom is -0.497 e. The molecule has 3 aromatic heterocycles. The Balaban J connectivity index is 1.39. The van der Waals surface area contributed by atoms with Crippen molar-refractivity contribution >= 4 is 39.4 Å². The molecule has 0 radical (unpaired) electrons. The van der Waals surface area contributed by atoms with E-state index in [9.17, 15) is 0 Å². The summed E-state index contributed by atoms with van der Waals surface area (Å²) in [5, 5.41) is 4.54. The van der Waals surface area contributed by atoms with Gasteiger partial charge in [-0.1, -0.05) is 0 Å². The van der Waals surface area contributed by atoms with E-state index in [-0.39, 0.29) is 5.95 Å². The molecule has 0 spiro atoms. The molecule has 9 nitrogen and oxygen atoms in total. The quantitative estimate of drug-likeness (QED) is 0.284. The number of nitrogen functional groups attached to an aromatic ring is 1. The van der Waals surface area contributed by atoms with E-state index in [0.29, 0.717) is 12.4 Å². The molecule has 2 aromatic carbocycles. The van der Waals surface area contributed by atoms with Crippen molar-refractivity contribution in [2.75, 3.05) is 25.3 Å². The van der Waals surface area contributed by atoms with Crippen LogP contribution in [0.2, 0.25) is 0 Å². The van der Waals surface area contributed by atoms with E-state index in [1.807, 2.05) is 36.5 Å². The van der Waals surface area contributed by atoms with Gasteiger partial charge in [0.1, 0.15) is 24.0 Å². The number of hydrogen-bond donors (Lipinski definition) is 4. The number of aryl methyl sites for hydroxylation is 2. The zero-order valence-electron chi connectivity index (χ0n) is 18.5. The molecule has 0 fully saturated rings. The van der Waals surface area contributed by atoms with Crippen molar-refractivity contribution in [3.8, 4) is 5.75 Å². The van der Waals surface area contributed by atoms with E-state index in [0.717, 1.165) is 57.6 Å². The smallest absolute Gasteiger partial charge is 0.221 e. The number of anilines is 3. The molecule has 0 bridgehead atoms. The number of methoxy groups -OCH3 is 2. The molecule has 5 aromatic rings. The second kappa shape index (κ2) is 8.79. The number of aromatic nitrogens is 5. The number of imidazole rings is 1. The Morgan fingerprint density at radius 3 is 2.70 bits per heavy atom. The van der Waals surface area contributed by atoms with Crippen molar-refractivity contribution in [2.45, 2.75) is 19.4 Å². The first-order valence-corrected chi connectivity index (χ1v) is 10.6. The second-order valence-corrected chi connectivity index (χ2v) is 7.80. The molecule has 3 heterocycles. The minimum atomic E-state index is 0.223. The molecule has 5 N–H and O–H groups in total. The molecular formula is C24H25N7O2. The Morgan fingerprint density at radius 1 is 1.00 bits per heavy atom. The number of nitrogens with zero attached hydrogens (tertiary/aromatic N) is 3. The summed E-state index contributed by atoms with van der Waals surface area (Å²) in [4.78, 5) is 19.8. The SMILES string of the molecule is COCc1nc2cc(Nc3nc(N)ncc3CCc3c[nH]c4ccc(OC)cc34)ccc2[nH]1. The van der Waals surface area contributed by atoms with Crippen LogP contribution in [-0.4, -0.2) is 39.1 Å². The molecule has 0 aliphatic rings. The zero-order chi connectivity index (χ0) is 22.8. The number of hydrogen-bond acceptors (Lipinski definition) is 7. The van der Waals surface area contributed by atoms with E-state index in [1.54, 1.807) is 20.4 Å². The van der Waals surface area contributed by atoms with Crippen molar-refractivity contribution in [3.63, 3.8) is 0 Å². The van der Waals surface area contributed by atoms with Crippen molar-refractivity contribution < 1.29 is 9.47 Å². The number of ether oxygens (including phenoxy) is 2. The van der Waals surface area contributed by atoms with Crippen LogP contribution in [0.1, 0.15) is 17.0 Å². The lowest BCUT2D eigenvalue weighted by Crippen LogP contribution is -2.05. The molecule has 0 saturated carbocycles. The van der Waals surface area contributed by atoms with Gasteiger partial charge < -0.3 is 30.5 Å². The molecule has 9 heteroatoms. The van der Waals surface area contributed by atoms with Crippen molar-refractivity contribution in [1.29, 1.82) is 0 Å². The van der Waals surface area contributed by atoms with Gasteiger partial charge in [-0.25, -0.2) is 9.97 Å². The predicted octanol–water partition coefficient (Wildman–Crippen LogP) is 4.10. The fourth-order valence-corrected chi connectivity index (χ4v) is 3.95. The van der Waals surface area contributed by atoms with Crippen LogP contribution in [0.4, 0.5) is 17.5 Å². The fraction of sp³-hybridized carbons (Fsp3) is 0.208. The molecule has 0 aliphatic carbocycles. The Kier molecular flexibility index (Phi) is 5.54. The number of rotatable bonds is 8. The summed E-state index contributed by atoms with van der Waals surface area (Å²) in [6.45, 7) is 0.434. The van der Waals surface area contributed by atoms with E-state index in [1.165, 1.54) is 5.56 Å².